The Morgan fingerprint density at radius 2 is 1.93 bits per heavy atom. The monoisotopic (exact) mass is 200 g/mol. The lowest BCUT2D eigenvalue weighted by molar-refractivity contribution is -0.113. The normalized spacial score (nSPS) is 22.9. The van der Waals surface area contributed by atoms with E-state index in [1.54, 1.807) is 0 Å². The molecule has 0 aromatic rings. The Labute approximate surface area is 87.6 Å². The van der Waals surface area contributed by atoms with Crippen LogP contribution >= 0.6 is 0 Å². The molecule has 1 rings (SSSR count). The van der Waals surface area contributed by atoms with E-state index < -0.39 is 0 Å². The van der Waals surface area contributed by atoms with Crippen LogP contribution in [0, 0.1) is 0 Å². The summed E-state index contributed by atoms with van der Waals surface area (Å²) in [4.78, 5) is 2.36. The van der Waals surface area contributed by atoms with E-state index in [1.165, 1.54) is 0 Å². The molecule has 0 radical (unpaired) electrons. The van der Waals surface area contributed by atoms with E-state index in [2.05, 4.69) is 25.8 Å². The van der Waals surface area contributed by atoms with Gasteiger partial charge in [0, 0.05) is 13.1 Å². The van der Waals surface area contributed by atoms with Gasteiger partial charge in [-0.3, -0.25) is 0 Å². The standard InChI is InChI=1S/C11H24N2O/c1-10(2)14-11(4-7-12)5-8-13(3)9-6-11/h10H,4-9,12H2,1-3H3. The Morgan fingerprint density at radius 3 is 2.36 bits per heavy atom. The molecule has 0 aromatic carbocycles. The molecule has 0 bridgehead atoms. The van der Waals surface area contributed by atoms with E-state index >= 15 is 0 Å². The molecular weight excluding hydrogens is 176 g/mol. The number of rotatable bonds is 4. The molecule has 1 heterocycles. The first-order chi connectivity index (χ1) is 6.58. The zero-order valence-electron chi connectivity index (χ0n) is 9.75. The second-order valence-electron chi connectivity index (χ2n) is 4.69. The minimum Gasteiger partial charge on any atom is -0.372 e. The molecule has 1 saturated heterocycles. The van der Waals surface area contributed by atoms with Gasteiger partial charge in [-0.05, 0) is 46.7 Å². The molecule has 0 atom stereocenters. The quantitative estimate of drug-likeness (QED) is 0.741. The van der Waals surface area contributed by atoms with Crippen molar-refractivity contribution in [2.75, 3.05) is 26.7 Å². The fourth-order valence-electron chi connectivity index (χ4n) is 2.22. The molecule has 0 saturated carbocycles. The van der Waals surface area contributed by atoms with Crippen LogP contribution in [0.3, 0.4) is 0 Å². The number of nitrogens with zero attached hydrogens (tertiary/aromatic N) is 1. The summed E-state index contributed by atoms with van der Waals surface area (Å²) < 4.78 is 6.06. The van der Waals surface area contributed by atoms with Gasteiger partial charge in [0.15, 0.2) is 0 Å². The maximum atomic E-state index is 6.06. The first kappa shape index (κ1) is 12.0. The van der Waals surface area contributed by atoms with E-state index in [0.29, 0.717) is 6.10 Å². The van der Waals surface area contributed by atoms with Crippen molar-refractivity contribution in [3.63, 3.8) is 0 Å². The van der Waals surface area contributed by atoms with Crippen LogP contribution in [0.2, 0.25) is 0 Å². The second-order valence-corrected chi connectivity index (χ2v) is 4.69. The van der Waals surface area contributed by atoms with Gasteiger partial charge >= 0.3 is 0 Å². The average Bonchev–Trinajstić information content (AvgIpc) is 2.10. The van der Waals surface area contributed by atoms with Crippen LogP contribution in [0.15, 0.2) is 0 Å². The molecule has 2 N–H and O–H groups in total. The fourth-order valence-corrected chi connectivity index (χ4v) is 2.22. The second kappa shape index (κ2) is 5.10. The summed E-state index contributed by atoms with van der Waals surface area (Å²) in [5.41, 5.74) is 5.73. The molecule has 14 heavy (non-hydrogen) atoms. The van der Waals surface area contributed by atoms with Crippen LogP contribution in [0.4, 0.5) is 0 Å². The zero-order chi connectivity index (χ0) is 10.6. The molecule has 0 aliphatic carbocycles. The zero-order valence-corrected chi connectivity index (χ0v) is 9.75. The Bertz CT molecular complexity index is 163. The van der Waals surface area contributed by atoms with E-state index in [4.69, 9.17) is 10.5 Å². The Balaban J connectivity index is 2.53. The SMILES string of the molecule is CC(C)OC1(CCN)CCN(C)CC1. The maximum Gasteiger partial charge on any atom is 0.0722 e. The molecule has 1 aliphatic heterocycles. The van der Waals surface area contributed by atoms with Crippen LogP contribution in [-0.2, 0) is 4.74 Å². The van der Waals surface area contributed by atoms with Crippen LogP contribution in [0.25, 0.3) is 0 Å². The van der Waals surface area contributed by atoms with Crippen molar-refractivity contribution in [2.24, 2.45) is 5.73 Å². The van der Waals surface area contributed by atoms with Crippen molar-refractivity contribution in [3.05, 3.63) is 0 Å². The average molecular weight is 200 g/mol. The first-order valence-electron chi connectivity index (χ1n) is 5.64. The van der Waals surface area contributed by atoms with E-state index in [1.807, 2.05) is 0 Å². The van der Waals surface area contributed by atoms with Crippen molar-refractivity contribution < 1.29 is 4.74 Å². The van der Waals surface area contributed by atoms with Crippen LogP contribution < -0.4 is 5.73 Å². The Morgan fingerprint density at radius 1 is 1.36 bits per heavy atom. The van der Waals surface area contributed by atoms with Gasteiger partial charge in [0.1, 0.15) is 0 Å². The van der Waals surface area contributed by atoms with Crippen LogP contribution in [0.1, 0.15) is 33.1 Å². The van der Waals surface area contributed by atoms with Gasteiger partial charge < -0.3 is 15.4 Å². The third-order valence-corrected chi connectivity index (χ3v) is 2.98. The number of hydrogen-bond donors (Lipinski definition) is 1. The van der Waals surface area contributed by atoms with Gasteiger partial charge in [0.2, 0.25) is 0 Å². The molecule has 0 amide bonds. The third kappa shape index (κ3) is 3.23. The Kier molecular flexibility index (Phi) is 4.35. The van der Waals surface area contributed by atoms with Gasteiger partial charge in [-0.1, -0.05) is 0 Å². The molecule has 3 heteroatoms. The number of likely N-dealkylation sites (tertiary alicyclic amines) is 1. The van der Waals surface area contributed by atoms with Gasteiger partial charge in [0.25, 0.3) is 0 Å². The highest BCUT2D eigenvalue weighted by molar-refractivity contribution is 4.87. The molecule has 3 nitrogen and oxygen atoms in total. The number of nitrogens with two attached hydrogens (primary N) is 1. The van der Waals surface area contributed by atoms with E-state index in [0.717, 1.165) is 38.9 Å². The summed E-state index contributed by atoms with van der Waals surface area (Å²) in [6.07, 6.45) is 3.56. The highest BCUT2D eigenvalue weighted by atomic mass is 16.5. The summed E-state index contributed by atoms with van der Waals surface area (Å²) in [5, 5.41) is 0. The Hall–Kier alpha value is -0.120. The van der Waals surface area contributed by atoms with Crippen molar-refractivity contribution >= 4 is 0 Å². The summed E-state index contributed by atoms with van der Waals surface area (Å²) in [7, 11) is 2.17. The molecule has 0 aromatic heterocycles. The van der Waals surface area contributed by atoms with Gasteiger partial charge in [-0.15, -0.1) is 0 Å². The number of piperidine rings is 1. The lowest BCUT2D eigenvalue weighted by atomic mass is 9.88. The van der Waals surface area contributed by atoms with E-state index in [-0.39, 0.29) is 5.60 Å². The predicted octanol–water partition coefficient (Wildman–Crippen LogP) is 1.22. The number of ether oxygens (including phenoxy) is 1. The molecule has 0 unspecified atom stereocenters. The third-order valence-electron chi connectivity index (χ3n) is 2.98. The summed E-state index contributed by atoms with van der Waals surface area (Å²) in [5.74, 6) is 0. The van der Waals surface area contributed by atoms with Gasteiger partial charge in [-0.25, -0.2) is 0 Å². The molecule has 1 aliphatic rings. The maximum absolute atomic E-state index is 6.06. The summed E-state index contributed by atoms with van der Waals surface area (Å²) >= 11 is 0. The highest BCUT2D eigenvalue weighted by Gasteiger charge is 2.34. The fraction of sp³-hybridized carbons (Fsp3) is 1.00. The summed E-state index contributed by atoms with van der Waals surface area (Å²) in [6, 6.07) is 0. The van der Waals surface area contributed by atoms with Crippen molar-refractivity contribution in [3.8, 4) is 0 Å². The highest BCUT2D eigenvalue weighted by Crippen LogP contribution is 2.30. The van der Waals surface area contributed by atoms with Crippen molar-refractivity contribution in [1.29, 1.82) is 0 Å². The smallest absolute Gasteiger partial charge is 0.0722 e. The van der Waals surface area contributed by atoms with E-state index in [9.17, 15) is 0 Å². The molecule has 0 spiro atoms. The molecule has 84 valence electrons. The van der Waals surface area contributed by atoms with Crippen molar-refractivity contribution in [2.45, 2.75) is 44.8 Å². The van der Waals surface area contributed by atoms with Crippen LogP contribution in [-0.4, -0.2) is 43.3 Å². The topological polar surface area (TPSA) is 38.5 Å². The predicted molar refractivity (Wildman–Crippen MR) is 59.4 cm³/mol. The molecule has 1 fully saturated rings. The largest absolute Gasteiger partial charge is 0.372 e. The molecular formula is C11H24N2O. The van der Waals surface area contributed by atoms with Gasteiger partial charge in [0.05, 0.1) is 11.7 Å². The minimum absolute atomic E-state index is 0.0649. The summed E-state index contributed by atoms with van der Waals surface area (Å²) in [6.45, 7) is 7.21. The van der Waals surface area contributed by atoms with Gasteiger partial charge in [-0.2, -0.15) is 0 Å². The lowest BCUT2D eigenvalue weighted by Gasteiger charge is -2.41. The minimum atomic E-state index is 0.0649. The number of hydrogen-bond acceptors (Lipinski definition) is 3. The lowest BCUT2D eigenvalue weighted by Crippen LogP contribution is -2.47. The van der Waals surface area contributed by atoms with Crippen molar-refractivity contribution in [1.82, 2.24) is 4.90 Å². The van der Waals surface area contributed by atoms with Crippen LogP contribution in [0.5, 0.6) is 0 Å². The first-order valence-corrected chi connectivity index (χ1v) is 5.64.